The van der Waals surface area contributed by atoms with Gasteiger partial charge < -0.3 is 5.32 Å². The second-order valence-corrected chi connectivity index (χ2v) is 7.37. The first-order valence-electron chi connectivity index (χ1n) is 5.64. The number of rotatable bonds is 2. The lowest BCUT2D eigenvalue weighted by molar-refractivity contribution is 0.305. The average Bonchev–Trinajstić information content (AvgIpc) is 2.26. The molecule has 1 unspecified atom stereocenters. The van der Waals surface area contributed by atoms with Crippen LogP contribution in [0.1, 0.15) is 20.3 Å². The van der Waals surface area contributed by atoms with Crippen LogP contribution in [0.25, 0.3) is 0 Å². The Morgan fingerprint density at radius 2 is 2.35 bits per heavy atom. The van der Waals surface area contributed by atoms with Gasteiger partial charge in [-0.25, -0.2) is 4.98 Å². The van der Waals surface area contributed by atoms with Crippen molar-refractivity contribution in [3.05, 3.63) is 21.9 Å². The van der Waals surface area contributed by atoms with Crippen molar-refractivity contribution in [1.29, 1.82) is 0 Å². The molecule has 1 aromatic heterocycles. The zero-order valence-corrected chi connectivity index (χ0v) is 13.1. The number of anilines is 1. The van der Waals surface area contributed by atoms with Crippen molar-refractivity contribution in [1.82, 2.24) is 4.98 Å². The zero-order chi connectivity index (χ0) is 12.5. The molecule has 0 spiro atoms. The summed E-state index contributed by atoms with van der Waals surface area (Å²) in [5.41, 5.74) is 1.36. The second kappa shape index (κ2) is 5.37. The van der Waals surface area contributed by atoms with Crippen LogP contribution in [-0.2, 0) is 0 Å². The van der Waals surface area contributed by atoms with Crippen LogP contribution >= 0.6 is 39.3 Å². The van der Waals surface area contributed by atoms with Crippen LogP contribution in [0.15, 0.2) is 16.7 Å². The van der Waals surface area contributed by atoms with Crippen LogP contribution in [0.5, 0.6) is 0 Å². The van der Waals surface area contributed by atoms with E-state index >= 15 is 0 Å². The van der Waals surface area contributed by atoms with E-state index in [0.717, 1.165) is 15.9 Å². The van der Waals surface area contributed by atoms with Gasteiger partial charge in [-0.3, -0.25) is 0 Å². The van der Waals surface area contributed by atoms with Crippen LogP contribution < -0.4 is 5.32 Å². The van der Waals surface area contributed by atoms with E-state index in [1.807, 2.05) is 17.8 Å². The van der Waals surface area contributed by atoms with Crippen molar-refractivity contribution in [3.8, 4) is 0 Å². The van der Waals surface area contributed by atoms with Crippen molar-refractivity contribution in [2.45, 2.75) is 26.3 Å². The van der Waals surface area contributed by atoms with Crippen LogP contribution in [0, 0.1) is 5.41 Å². The summed E-state index contributed by atoms with van der Waals surface area (Å²) in [6.07, 6.45) is 3.04. The number of nitrogens with zero attached hydrogens (tertiary/aromatic N) is 1. The molecule has 0 bridgehead atoms. The SMILES string of the molecule is CC1(C)CCSCC1Nc1cnc(Cl)c(Br)c1. The predicted octanol–water partition coefficient (Wildman–Crippen LogP) is 4.44. The lowest BCUT2D eigenvalue weighted by Gasteiger charge is -2.39. The number of hydrogen-bond acceptors (Lipinski definition) is 3. The third kappa shape index (κ3) is 3.30. The number of aromatic nitrogens is 1. The molecule has 1 aliphatic heterocycles. The minimum atomic E-state index is 0.331. The monoisotopic (exact) mass is 334 g/mol. The number of nitrogens with one attached hydrogen (secondary N) is 1. The molecule has 0 radical (unpaired) electrons. The summed E-state index contributed by atoms with van der Waals surface area (Å²) in [7, 11) is 0. The number of hydrogen-bond donors (Lipinski definition) is 1. The molecule has 2 nitrogen and oxygen atoms in total. The first kappa shape index (κ1) is 13.5. The Labute approximate surface area is 120 Å². The lowest BCUT2D eigenvalue weighted by Crippen LogP contribution is -2.41. The Bertz CT molecular complexity index is 411. The minimum absolute atomic E-state index is 0.331. The van der Waals surface area contributed by atoms with E-state index in [1.165, 1.54) is 12.2 Å². The fraction of sp³-hybridized carbons (Fsp3) is 0.583. The molecule has 2 rings (SSSR count). The summed E-state index contributed by atoms with van der Waals surface area (Å²) in [5, 5.41) is 4.07. The maximum atomic E-state index is 5.89. The van der Waals surface area contributed by atoms with Crippen molar-refractivity contribution in [2.75, 3.05) is 16.8 Å². The highest BCUT2D eigenvalue weighted by molar-refractivity contribution is 9.10. The van der Waals surface area contributed by atoms with Gasteiger partial charge in [-0.05, 0) is 39.6 Å². The van der Waals surface area contributed by atoms with Gasteiger partial charge in [0.05, 0.1) is 16.4 Å². The Kier molecular flexibility index (Phi) is 4.26. The smallest absolute Gasteiger partial charge is 0.143 e. The summed E-state index contributed by atoms with van der Waals surface area (Å²) in [6.45, 7) is 4.64. The molecule has 0 aliphatic carbocycles. The average molecular weight is 336 g/mol. The van der Waals surface area contributed by atoms with Gasteiger partial charge in [0.1, 0.15) is 5.15 Å². The maximum Gasteiger partial charge on any atom is 0.143 e. The Morgan fingerprint density at radius 1 is 1.59 bits per heavy atom. The van der Waals surface area contributed by atoms with Gasteiger partial charge in [0.2, 0.25) is 0 Å². The van der Waals surface area contributed by atoms with E-state index in [1.54, 1.807) is 6.20 Å². The van der Waals surface area contributed by atoms with E-state index in [0.29, 0.717) is 16.6 Å². The number of pyridine rings is 1. The maximum absolute atomic E-state index is 5.89. The van der Waals surface area contributed by atoms with Gasteiger partial charge in [0.15, 0.2) is 0 Å². The van der Waals surface area contributed by atoms with E-state index in [9.17, 15) is 0 Å². The summed E-state index contributed by atoms with van der Waals surface area (Å²) in [4.78, 5) is 4.14. The fourth-order valence-electron chi connectivity index (χ4n) is 1.87. The molecule has 2 heterocycles. The van der Waals surface area contributed by atoms with Crippen LogP contribution in [0.4, 0.5) is 5.69 Å². The third-order valence-corrected chi connectivity index (χ3v) is 5.45. The molecule has 94 valence electrons. The predicted molar refractivity (Wildman–Crippen MR) is 80.1 cm³/mol. The van der Waals surface area contributed by atoms with Gasteiger partial charge in [-0.15, -0.1) is 0 Å². The molecule has 0 amide bonds. The molecule has 1 N–H and O–H groups in total. The second-order valence-electron chi connectivity index (χ2n) is 5.01. The Balaban J connectivity index is 2.11. The summed E-state index contributed by atoms with van der Waals surface area (Å²) in [6, 6.07) is 2.47. The largest absolute Gasteiger partial charge is 0.380 e. The summed E-state index contributed by atoms with van der Waals surface area (Å²) >= 11 is 11.3. The quantitative estimate of drug-likeness (QED) is 0.809. The third-order valence-electron chi connectivity index (χ3n) is 3.26. The van der Waals surface area contributed by atoms with Crippen LogP contribution in [-0.4, -0.2) is 22.5 Å². The summed E-state index contributed by atoms with van der Waals surface area (Å²) < 4.78 is 0.838. The molecule has 0 saturated carbocycles. The van der Waals surface area contributed by atoms with Crippen molar-refractivity contribution in [2.24, 2.45) is 5.41 Å². The van der Waals surface area contributed by atoms with E-state index in [4.69, 9.17) is 11.6 Å². The molecule has 0 aromatic carbocycles. The topological polar surface area (TPSA) is 24.9 Å². The molecule has 17 heavy (non-hydrogen) atoms. The standard InChI is InChI=1S/C12H16BrClN2S/c1-12(2)3-4-17-7-10(12)16-8-5-9(13)11(14)15-6-8/h5-6,10,16H,3-4,7H2,1-2H3. The highest BCUT2D eigenvalue weighted by atomic mass is 79.9. The molecule has 1 saturated heterocycles. The zero-order valence-electron chi connectivity index (χ0n) is 9.96. The van der Waals surface area contributed by atoms with Gasteiger partial charge in [-0.2, -0.15) is 11.8 Å². The minimum Gasteiger partial charge on any atom is -0.380 e. The van der Waals surface area contributed by atoms with Crippen molar-refractivity contribution >= 4 is 45.0 Å². The Morgan fingerprint density at radius 3 is 3.00 bits per heavy atom. The highest BCUT2D eigenvalue weighted by Crippen LogP contribution is 2.36. The van der Waals surface area contributed by atoms with Gasteiger partial charge in [0, 0.05) is 11.8 Å². The lowest BCUT2D eigenvalue weighted by atomic mass is 9.82. The van der Waals surface area contributed by atoms with Gasteiger partial charge in [-0.1, -0.05) is 25.4 Å². The normalized spacial score (nSPS) is 23.4. The van der Waals surface area contributed by atoms with Crippen LogP contribution in [0.3, 0.4) is 0 Å². The molecule has 1 fully saturated rings. The number of thioether (sulfide) groups is 1. The molecule has 1 atom stereocenters. The Hall–Kier alpha value is 0.0700. The van der Waals surface area contributed by atoms with Crippen LogP contribution in [0.2, 0.25) is 5.15 Å². The van der Waals surface area contributed by atoms with Gasteiger partial charge in [0.25, 0.3) is 0 Å². The highest BCUT2D eigenvalue weighted by Gasteiger charge is 2.32. The molecule has 5 heteroatoms. The van der Waals surface area contributed by atoms with Gasteiger partial charge >= 0.3 is 0 Å². The number of halogens is 2. The van der Waals surface area contributed by atoms with E-state index < -0.39 is 0 Å². The first-order chi connectivity index (χ1) is 7.99. The molecular weight excluding hydrogens is 320 g/mol. The van der Waals surface area contributed by atoms with Crippen molar-refractivity contribution < 1.29 is 0 Å². The van der Waals surface area contributed by atoms with E-state index in [2.05, 4.69) is 40.1 Å². The fourth-order valence-corrected chi connectivity index (χ4v) is 3.93. The van der Waals surface area contributed by atoms with E-state index in [-0.39, 0.29) is 0 Å². The summed E-state index contributed by atoms with van der Waals surface area (Å²) in [5.74, 6) is 2.40. The van der Waals surface area contributed by atoms with Crippen molar-refractivity contribution in [3.63, 3.8) is 0 Å². The molecule has 1 aromatic rings. The molecular formula is C12H16BrClN2S. The molecule has 1 aliphatic rings. The first-order valence-corrected chi connectivity index (χ1v) is 7.97.